The van der Waals surface area contributed by atoms with Crippen LogP contribution in [-0.2, 0) is 16.0 Å². The molecule has 1 aliphatic carbocycles. The monoisotopic (exact) mass is 469 g/mol. The van der Waals surface area contributed by atoms with Gasteiger partial charge in [0.15, 0.2) is 5.16 Å². The summed E-state index contributed by atoms with van der Waals surface area (Å²) in [6.07, 6.45) is 3.09. The maximum atomic E-state index is 12.8. The smallest absolute Gasteiger partial charge is 0.237 e. The zero-order valence-corrected chi connectivity index (χ0v) is 19.7. The molecule has 0 radical (unpaired) electrons. The van der Waals surface area contributed by atoms with Crippen LogP contribution in [0.25, 0.3) is 0 Å². The zero-order valence-electron chi connectivity index (χ0n) is 18.1. The Kier molecular flexibility index (Phi) is 6.47. The summed E-state index contributed by atoms with van der Waals surface area (Å²) in [6, 6.07) is 12.7. The minimum Gasteiger partial charge on any atom is -0.378 e. The molecule has 1 aromatic carbocycles. The van der Waals surface area contributed by atoms with Crippen LogP contribution < -0.4 is 10.2 Å². The third kappa shape index (κ3) is 5.00. The Morgan fingerprint density at radius 3 is 2.69 bits per heavy atom. The Labute approximate surface area is 196 Å². The number of thioether (sulfide) groups is 1. The van der Waals surface area contributed by atoms with Gasteiger partial charge in [-0.15, -0.1) is 21.5 Å². The van der Waals surface area contributed by atoms with Crippen molar-refractivity contribution in [1.82, 2.24) is 14.8 Å². The van der Waals surface area contributed by atoms with Crippen LogP contribution >= 0.6 is 23.1 Å². The van der Waals surface area contributed by atoms with Crippen molar-refractivity contribution in [3.05, 3.63) is 52.5 Å². The SMILES string of the molecule is C[C@@H](Sc1nnc(Cc2cccs2)n1C1CC1)C(=O)Nc1ccc(N2CCOCC2)cc1. The van der Waals surface area contributed by atoms with E-state index in [1.807, 2.05) is 19.1 Å². The normalized spacial score (nSPS) is 17.3. The average molecular weight is 470 g/mol. The first-order valence-electron chi connectivity index (χ1n) is 11.0. The summed E-state index contributed by atoms with van der Waals surface area (Å²) in [6.45, 7) is 5.24. The third-order valence-corrected chi connectivity index (χ3v) is 7.66. The molecule has 1 saturated carbocycles. The van der Waals surface area contributed by atoms with E-state index in [1.54, 1.807) is 11.3 Å². The summed E-state index contributed by atoms with van der Waals surface area (Å²) in [5.74, 6) is 0.961. The molecule has 1 aliphatic heterocycles. The maximum absolute atomic E-state index is 12.8. The second-order valence-corrected chi connectivity index (χ2v) is 10.5. The van der Waals surface area contributed by atoms with Crippen LogP contribution in [0, 0.1) is 0 Å². The van der Waals surface area contributed by atoms with E-state index in [9.17, 15) is 4.79 Å². The molecule has 2 fully saturated rings. The van der Waals surface area contributed by atoms with Crippen molar-refractivity contribution in [1.29, 1.82) is 0 Å². The highest BCUT2D eigenvalue weighted by molar-refractivity contribution is 8.00. The molecule has 9 heteroatoms. The van der Waals surface area contributed by atoms with Crippen LogP contribution in [0.2, 0.25) is 0 Å². The van der Waals surface area contributed by atoms with E-state index in [2.05, 4.69) is 54.6 Å². The van der Waals surface area contributed by atoms with E-state index in [1.165, 1.54) is 16.6 Å². The zero-order chi connectivity index (χ0) is 21.9. The number of carbonyl (C=O) groups is 1. The lowest BCUT2D eigenvalue weighted by Crippen LogP contribution is -2.36. The summed E-state index contributed by atoms with van der Waals surface area (Å²) in [4.78, 5) is 16.4. The molecule has 1 N–H and O–H groups in total. The Balaban J connectivity index is 1.22. The maximum Gasteiger partial charge on any atom is 0.237 e. The first-order chi connectivity index (χ1) is 15.7. The van der Waals surface area contributed by atoms with E-state index in [-0.39, 0.29) is 11.2 Å². The van der Waals surface area contributed by atoms with Crippen molar-refractivity contribution in [2.24, 2.45) is 0 Å². The van der Waals surface area contributed by atoms with Gasteiger partial charge in [-0.1, -0.05) is 17.8 Å². The summed E-state index contributed by atoms with van der Waals surface area (Å²) in [5.41, 5.74) is 1.96. The fraction of sp³-hybridized carbons (Fsp3) is 0.435. The summed E-state index contributed by atoms with van der Waals surface area (Å²) < 4.78 is 7.66. The number of benzene rings is 1. The van der Waals surface area contributed by atoms with Crippen LogP contribution in [0.1, 0.15) is 36.5 Å². The van der Waals surface area contributed by atoms with Crippen molar-refractivity contribution in [3.8, 4) is 0 Å². The summed E-state index contributed by atoms with van der Waals surface area (Å²) in [7, 11) is 0. The highest BCUT2D eigenvalue weighted by atomic mass is 32.2. The highest BCUT2D eigenvalue weighted by Gasteiger charge is 2.31. The van der Waals surface area contributed by atoms with Crippen LogP contribution in [-0.4, -0.2) is 52.2 Å². The quantitative estimate of drug-likeness (QED) is 0.498. The third-order valence-electron chi connectivity index (χ3n) is 5.72. The van der Waals surface area contributed by atoms with Gasteiger partial charge in [-0.25, -0.2) is 0 Å². The molecule has 1 amide bonds. The number of amides is 1. The van der Waals surface area contributed by atoms with E-state index in [4.69, 9.17) is 4.74 Å². The number of rotatable bonds is 8. The van der Waals surface area contributed by atoms with Gasteiger partial charge < -0.3 is 19.5 Å². The molecule has 0 bridgehead atoms. The number of ether oxygens (including phenoxy) is 1. The Hall–Kier alpha value is -2.36. The number of hydrogen-bond donors (Lipinski definition) is 1. The van der Waals surface area contributed by atoms with Crippen molar-refractivity contribution in [2.75, 3.05) is 36.5 Å². The second kappa shape index (κ2) is 9.64. The largest absolute Gasteiger partial charge is 0.378 e. The molecule has 2 aromatic heterocycles. The lowest BCUT2D eigenvalue weighted by Gasteiger charge is -2.28. The lowest BCUT2D eigenvalue weighted by atomic mass is 10.2. The van der Waals surface area contributed by atoms with Crippen molar-refractivity contribution < 1.29 is 9.53 Å². The molecule has 3 aromatic rings. The summed E-state index contributed by atoms with van der Waals surface area (Å²) >= 11 is 3.22. The van der Waals surface area contributed by atoms with E-state index < -0.39 is 0 Å². The number of carbonyl (C=O) groups excluding carboxylic acids is 1. The van der Waals surface area contributed by atoms with Crippen molar-refractivity contribution in [3.63, 3.8) is 0 Å². The number of nitrogens with one attached hydrogen (secondary N) is 1. The van der Waals surface area contributed by atoms with Crippen LogP contribution in [0.4, 0.5) is 11.4 Å². The molecule has 3 heterocycles. The lowest BCUT2D eigenvalue weighted by molar-refractivity contribution is -0.115. The van der Waals surface area contributed by atoms with Gasteiger partial charge >= 0.3 is 0 Å². The molecule has 1 atom stereocenters. The van der Waals surface area contributed by atoms with Gasteiger partial charge in [-0.05, 0) is 55.5 Å². The Bertz CT molecular complexity index is 1040. The van der Waals surface area contributed by atoms with Gasteiger partial charge in [0.25, 0.3) is 0 Å². The molecule has 5 rings (SSSR count). The van der Waals surface area contributed by atoms with Gasteiger partial charge in [-0.2, -0.15) is 0 Å². The Morgan fingerprint density at radius 1 is 1.22 bits per heavy atom. The molecule has 2 aliphatic rings. The van der Waals surface area contributed by atoms with E-state index in [0.29, 0.717) is 6.04 Å². The number of morpholine rings is 1. The second-order valence-electron chi connectivity index (χ2n) is 8.15. The molecule has 0 unspecified atom stereocenters. The van der Waals surface area contributed by atoms with Crippen LogP contribution in [0.3, 0.4) is 0 Å². The minimum absolute atomic E-state index is 0.0284. The molecule has 1 saturated heterocycles. The number of thiophene rings is 1. The fourth-order valence-electron chi connectivity index (χ4n) is 3.81. The number of hydrogen-bond acceptors (Lipinski definition) is 7. The standard InChI is InChI=1S/C23H27N5O2S2/c1-16(22(29)24-17-4-6-18(7-5-17)27-10-12-30-13-11-27)32-23-26-25-21(28(23)19-8-9-19)15-20-3-2-14-31-20/h2-7,14,16,19H,8-13,15H2,1H3,(H,24,29)/t16-/m1/s1. The van der Waals surface area contributed by atoms with E-state index in [0.717, 1.165) is 67.9 Å². The Morgan fingerprint density at radius 2 is 2.00 bits per heavy atom. The van der Waals surface area contributed by atoms with Crippen LogP contribution in [0.5, 0.6) is 0 Å². The van der Waals surface area contributed by atoms with Crippen molar-refractivity contribution >= 4 is 40.4 Å². The molecule has 32 heavy (non-hydrogen) atoms. The minimum atomic E-state index is -0.273. The summed E-state index contributed by atoms with van der Waals surface area (Å²) in [5, 5.41) is 14.6. The van der Waals surface area contributed by atoms with Gasteiger partial charge in [0.2, 0.25) is 5.91 Å². The molecule has 0 spiro atoms. The van der Waals surface area contributed by atoms with Gasteiger partial charge in [-0.3, -0.25) is 4.79 Å². The highest BCUT2D eigenvalue weighted by Crippen LogP contribution is 2.40. The van der Waals surface area contributed by atoms with Crippen molar-refractivity contribution in [2.45, 2.75) is 42.6 Å². The fourth-order valence-corrected chi connectivity index (χ4v) is 5.45. The first-order valence-corrected chi connectivity index (χ1v) is 12.8. The molecule has 168 valence electrons. The molecular weight excluding hydrogens is 442 g/mol. The number of nitrogens with zero attached hydrogens (tertiary/aromatic N) is 4. The van der Waals surface area contributed by atoms with Gasteiger partial charge in [0, 0.05) is 41.8 Å². The van der Waals surface area contributed by atoms with Crippen LogP contribution in [0.15, 0.2) is 46.9 Å². The first kappa shape index (κ1) is 21.5. The van der Waals surface area contributed by atoms with Gasteiger partial charge in [0.1, 0.15) is 5.82 Å². The number of anilines is 2. The average Bonchev–Trinajstić information content (AvgIpc) is 3.38. The topological polar surface area (TPSA) is 72.3 Å². The molecule has 7 nitrogen and oxygen atoms in total. The number of aromatic nitrogens is 3. The van der Waals surface area contributed by atoms with E-state index >= 15 is 0 Å². The molecular formula is C23H27N5O2S2. The predicted octanol–water partition coefficient (Wildman–Crippen LogP) is 4.22. The predicted molar refractivity (Wildman–Crippen MR) is 129 cm³/mol. The van der Waals surface area contributed by atoms with Gasteiger partial charge in [0.05, 0.1) is 18.5 Å².